The van der Waals surface area contributed by atoms with Crippen LogP contribution in [-0.4, -0.2) is 13.0 Å². The Morgan fingerprint density at radius 2 is 1.52 bits per heavy atom. The summed E-state index contributed by atoms with van der Waals surface area (Å²) in [6, 6.07) is 17.6. The Labute approximate surface area is 123 Å². The van der Waals surface area contributed by atoms with E-state index in [1.165, 1.54) is 12.1 Å². The summed E-state index contributed by atoms with van der Waals surface area (Å²) in [6.07, 6.45) is 1.68. The normalized spacial score (nSPS) is 10.8. The average molecular weight is 302 g/mol. The van der Waals surface area contributed by atoms with Crippen molar-refractivity contribution in [2.45, 2.75) is 11.8 Å². The summed E-state index contributed by atoms with van der Waals surface area (Å²) >= 11 is 0. The van der Waals surface area contributed by atoms with Crippen molar-refractivity contribution >= 4 is 21.1 Å². The summed E-state index contributed by atoms with van der Waals surface area (Å²) in [4.78, 5) is -0.178. The number of benzene rings is 2. The zero-order valence-corrected chi connectivity index (χ0v) is 12.2. The van der Waals surface area contributed by atoms with Crippen LogP contribution in [0.1, 0.15) is 5.56 Å². The third-order valence-electron chi connectivity index (χ3n) is 2.78. The SMILES string of the molecule is Cc1ccc(S(=O)(=O)[O-])cc1.c1ccc2[o+]cccc2c1. The van der Waals surface area contributed by atoms with Crippen LogP contribution in [0.15, 0.2) is 76.2 Å². The second-order valence-electron chi connectivity index (χ2n) is 4.42. The van der Waals surface area contributed by atoms with E-state index in [4.69, 9.17) is 4.42 Å². The van der Waals surface area contributed by atoms with Gasteiger partial charge in [-0.2, -0.15) is 0 Å². The predicted octanol–water partition coefficient (Wildman–Crippen LogP) is 3.61. The topological polar surface area (TPSA) is 68.5 Å². The highest BCUT2D eigenvalue weighted by atomic mass is 32.2. The van der Waals surface area contributed by atoms with Crippen LogP contribution in [0.3, 0.4) is 0 Å². The fraction of sp³-hybridized carbons (Fsp3) is 0.0625. The number of fused-ring (bicyclic) bond motifs is 1. The second-order valence-corrected chi connectivity index (χ2v) is 5.80. The van der Waals surface area contributed by atoms with E-state index in [1.807, 2.05) is 43.3 Å². The van der Waals surface area contributed by atoms with Crippen LogP contribution in [-0.2, 0) is 10.1 Å². The second kappa shape index (κ2) is 6.47. The van der Waals surface area contributed by atoms with Gasteiger partial charge in [0.1, 0.15) is 10.1 Å². The molecule has 0 bridgehead atoms. The highest BCUT2D eigenvalue weighted by Crippen LogP contribution is 2.11. The van der Waals surface area contributed by atoms with Crippen molar-refractivity contribution in [3.63, 3.8) is 0 Å². The summed E-state index contributed by atoms with van der Waals surface area (Å²) in [6.45, 7) is 1.82. The third kappa shape index (κ3) is 4.37. The molecular weight excluding hydrogens is 288 g/mol. The van der Waals surface area contributed by atoms with E-state index in [1.54, 1.807) is 18.4 Å². The van der Waals surface area contributed by atoms with Crippen LogP contribution in [0.4, 0.5) is 0 Å². The molecule has 0 N–H and O–H groups in total. The Bertz CT molecular complexity index is 759. The molecule has 108 valence electrons. The lowest BCUT2D eigenvalue weighted by molar-refractivity contribution is 0.463. The van der Waals surface area contributed by atoms with E-state index in [-0.39, 0.29) is 4.90 Å². The van der Waals surface area contributed by atoms with Gasteiger partial charge in [-0.1, -0.05) is 29.8 Å². The molecule has 0 fully saturated rings. The van der Waals surface area contributed by atoms with Crippen molar-refractivity contribution in [3.8, 4) is 0 Å². The molecular formula is C16H14O4S. The summed E-state index contributed by atoms with van der Waals surface area (Å²) in [7, 11) is -4.27. The number of rotatable bonds is 1. The van der Waals surface area contributed by atoms with Crippen LogP contribution >= 0.6 is 0 Å². The highest BCUT2D eigenvalue weighted by Gasteiger charge is 1.99. The smallest absolute Gasteiger partial charge is 0.359 e. The molecule has 4 nitrogen and oxygen atoms in total. The van der Waals surface area contributed by atoms with Crippen LogP contribution < -0.4 is 0 Å². The maximum Gasteiger partial charge on any atom is 0.359 e. The molecule has 0 unspecified atom stereocenters. The fourth-order valence-electron chi connectivity index (χ4n) is 1.69. The minimum atomic E-state index is -4.27. The van der Waals surface area contributed by atoms with Crippen molar-refractivity contribution in [2.24, 2.45) is 0 Å². The van der Waals surface area contributed by atoms with E-state index in [0.717, 1.165) is 16.5 Å². The van der Waals surface area contributed by atoms with Crippen LogP contribution in [0.5, 0.6) is 0 Å². The Morgan fingerprint density at radius 3 is 2.14 bits per heavy atom. The van der Waals surface area contributed by atoms with Gasteiger partial charge >= 0.3 is 11.8 Å². The molecule has 0 atom stereocenters. The molecule has 5 heteroatoms. The predicted molar refractivity (Wildman–Crippen MR) is 79.8 cm³/mol. The molecule has 21 heavy (non-hydrogen) atoms. The van der Waals surface area contributed by atoms with Crippen molar-refractivity contribution < 1.29 is 17.4 Å². The Hall–Kier alpha value is -2.24. The summed E-state index contributed by atoms with van der Waals surface area (Å²) < 4.78 is 36.4. The minimum absolute atomic E-state index is 0.178. The summed E-state index contributed by atoms with van der Waals surface area (Å²) in [5.74, 6) is 0. The van der Waals surface area contributed by atoms with E-state index in [2.05, 4.69) is 0 Å². The van der Waals surface area contributed by atoms with E-state index < -0.39 is 10.1 Å². The lowest BCUT2D eigenvalue weighted by Crippen LogP contribution is -1.97. The first-order chi connectivity index (χ1) is 9.97. The van der Waals surface area contributed by atoms with Crippen molar-refractivity contribution in [1.29, 1.82) is 0 Å². The van der Waals surface area contributed by atoms with Crippen molar-refractivity contribution in [2.75, 3.05) is 0 Å². The van der Waals surface area contributed by atoms with Gasteiger partial charge in [-0.15, -0.1) is 0 Å². The number of hydrogen-bond donors (Lipinski definition) is 0. The number of hydrogen-bond acceptors (Lipinski definition) is 3. The summed E-state index contributed by atoms with van der Waals surface area (Å²) in [5, 5.41) is 1.14. The van der Waals surface area contributed by atoms with Crippen LogP contribution in [0.25, 0.3) is 11.0 Å². The Balaban J connectivity index is 0.000000154. The van der Waals surface area contributed by atoms with Gasteiger partial charge < -0.3 is 4.55 Å². The molecule has 0 spiro atoms. The first-order valence-electron chi connectivity index (χ1n) is 6.25. The average Bonchev–Trinajstić information content (AvgIpc) is 2.47. The Kier molecular flexibility index (Phi) is 4.67. The molecule has 0 aliphatic heterocycles. The molecule has 0 amide bonds. The van der Waals surface area contributed by atoms with Crippen molar-refractivity contribution in [1.82, 2.24) is 0 Å². The summed E-state index contributed by atoms with van der Waals surface area (Å²) in [5.41, 5.74) is 1.86. The van der Waals surface area contributed by atoms with Gasteiger partial charge in [-0.3, -0.25) is 0 Å². The first kappa shape index (κ1) is 15.2. The van der Waals surface area contributed by atoms with E-state index >= 15 is 0 Å². The molecule has 1 aromatic heterocycles. The molecule has 3 aromatic rings. The molecule has 0 aliphatic rings. The fourth-order valence-corrected chi connectivity index (χ4v) is 2.16. The lowest BCUT2D eigenvalue weighted by atomic mass is 10.2. The first-order valence-corrected chi connectivity index (χ1v) is 7.66. The Morgan fingerprint density at radius 1 is 0.905 bits per heavy atom. The lowest BCUT2D eigenvalue weighted by Gasteiger charge is -2.05. The van der Waals surface area contributed by atoms with Gasteiger partial charge in [0.2, 0.25) is 0 Å². The molecule has 0 saturated heterocycles. The van der Waals surface area contributed by atoms with Crippen LogP contribution in [0, 0.1) is 6.92 Å². The zero-order valence-electron chi connectivity index (χ0n) is 11.4. The molecule has 0 saturated carbocycles. The van der Waals surface area contributed by atoms with E-state index in [9.17, 15) is 13.0 Å². The maximum atomic E-state index is 10.4. The number of para-hydroxylation sites is 1. The third-order valence-corrected chi connectivity index (χ3v) is 3.63. The quantitative estimate of drug-likeness (QED) is 0.508. The van der Waals surface area contributed by atoms with Gasteiger partial charge in [-0.25, -0.2) is 12.8 Å². The molecule has 2 aromatic carbocycles. The molecule has 3 rings (SSSR count). The van der Waals surface area contributed by atoms with Gasteiger partial charge in [-0.05, 0) is 31.2 Å². The standard InChI is InChI=1S/C9H7O.C7H8O3S/c1-2-6-9-8(4-1)5-3-7-10-9;1-6-2-4-7(5-3-6)11(8,9)10/h1-7H;2-5H,1H3,(H,8,9,10)/q+1;/p-1. The van der Waals surface area contributed by atoms with Gasteiger partial charge in [0.05, 0.1) is 10.3 Å². The molecule has 0 aliphatic carbocycles. The largest absolute Gasteiger partial charge is 0.744 e. The monoisotopic (exact) mass is 302 g/mol. The van der Waals surface area contributed by atoms with Gasteiger partial charge in [0.25, 0.3) is 0 Å². The zero-order chi connectivity index (χ0) is 15.3. The van der Waals surface area contributed by atoms with Crippen molar-refractivity contribution in [3.05, 3.63) is 72.5 Å². The molecule has 1 heterocycles. The number of aryl methyl sites for hydroxylation is 1. The molecule has 0 radical (unpaired) electrons. The van der Waals surface area contributed by atoms with Gasteiger partial charge in [0.15, 0.2) is 0 Å². The minimum Gasteiger partial charge on any atom is -0.744 e. The maximum absolute atomic E-state index is 10.4. The highest BCUT2D eigenvalue weighted by molar-refractivity contribution is 7.85. The van der Waals surface area contributed by atoms with E-state index in [0.29, 0.717) is 0 Å². The van der Waals surface area contributed by atoms with Gasteiger partial charge in [0, 0.05) is 12.1 Å². The van der Waals surface area contributed by atoms with Crippen LogP contribution in [0.2, 0.25) is 0 Å².